The topological polar surface area (TPSA) is 81.1 Å². The van der Waals surface area contributed by atoms with Gasteiger partial charge in [0, 0.05) is 6.54 Å². The van der Waals surface area contributed by atoms with Gasteiger partial charge in [-0.3, -0.25) is 4.79 Å². The van der Waals surface area contributed by atoms with Gasteiger partial charge < -0.3 is 15.5 Å². The molecule has 0 aliphatic carbocycles. The van der Waals surface area contributed by atoms with Crippen LogP contribution in [0.1, 0.15) is 24.5 Å². The van der Waals surface area contributed by atoms with Crippen molar-refractivity contribution in [3.05, 3.63) is 18.4 Å². The minimum Gasteiger partial charge on any atom is -0.441 e. The van der Waals surface area contributed by atoms with E-state index in [2.05, 4.69) is 10.3 Å². The molecule has 78 valence electrons. The number of nitrogens with one attached hydrogen (secondary N) is 1. The number of carbonyl (C=O) groups is 1. The molecule has 0 spiro atoms. The molecule has 0 radical (unpaired) electrons. The van der Waals surface area contributed by atoms with Crippen molar-refractivity contribution < 1.29 is 9.21 Å². The molecule has 0 atom stereocenters. The van der Waals surface area contributed by atoms with Gasteiger partial charge in [0.05, 0.1) is 6.20 Å². The van der Waals surface area contributed by atoms with Crippen LogP contribution in [0.2, 0.25) is 0 Å². The molecule has 1 rings (SSSR count). The first kappa shape index (κ1) is 10.7. The first-order valence-corrected chi connectivity index (χ1v) is 4.43. The summed E-state index contributed by atoms with van der Waals surface area (Å²) < 4.78 is 4.84. The van der Waals surface area contributed by atoms with Crippen LogP contribution in [0.4, 0.5) is 0 Å². The molecule has 1 aromatic heterocycles. The standard InChI is InChI=1S/C9H15N3O2/c1-9(2,5-10)6-12-7(13)8-11-3-4-14-8/h3-4H,5-6,10H2,1-2H3,(H,12,13). The van der Waals surface area contributed by atoms with E-state index in [0.29, 0.717) is 13.1 Å². The lowest BCUT2D eigenvalue weighted by atomic mass is 9.94. The summed E-state index contributed by atoms with van der Waals surface area (Å²) in [7, 11) is 0. The van der Waals surface area contributed by atoms with E-state index in [4.69, 9.17) is 10.2 Å². The second-order valence-electron chi connectivity index (χ2n) is 3.89. The lowest BCUT2D eigenvalue weighted by Crippen LogP contribution is -2.38. The van der Waals surface area contributed by atoms with Gasteiger partial charge in [0.1, 0.15) is 6.26 Å². The molecular formula is C9H15N3O2. The van der Waals surface area contributed by atoms with Crippen LogP contribution in [0.3, 0.4) is 0 Å². The zero-order valence-corrected chi connectivity index (χ0v) is 8.41. The normalized spacial score (nSPS) is 11.4. The Labute approximate surface area is 82.7 Å². The highest BCUT2D eigenvalue weighted by atomic mass is 16.3. The van der Waals surface area contributed by atoms with Gasteiger partial charge in [-0.15, -0.1) is 0 Å². The zero-order chi connectivity index (χ0) is 10.6. The fourth-order valence-electron chi connectivity index (χ4n) is 0.803. The van der Waals surface area contributed by atoms with Gasteiger partial charge in [0.2, 0.25) is 0 Å². The molecule has 0 bridgehead atoms. The highest BCUT2D eigenvalue weighted by Crippen LogP contribution is 2.10. The van der Waals surface area contributed by atoms with E-state index >= 15 is 0 Å². The third-order valence-corrected chi connectivity index (χ3v) is 1.91. The van der Waals surface area contributed by atoms with Crippen LogP contribution in [0.25, 0.3) is 0 Å². The van der Waals surface area contributed by atoms with E-state index < -0.39 is 0 Å². The van der Waals surface area contributed by atoms with Crippen molar-refractivity contribution in [2.24, 2.45) is 11.1 Å². The average molecular weight is 197 g/mol. The predicted octanol–water partition coefficient (Wildman–Crippen LogP) is 0.389. The largest absolute Gasteiger partial charge is 0.441 e. The monoisotopic (exact) mass is 197 g/mol. The summed E-state index contributed by atoms with van der Waals surface area (Å²) >= 11 is 0. The number of nitrogens with zero attached hydrogens (tertiary/aromatic N) is 1. The maximum atomic E-state index is 11.4. The maximum Gasteiger partial charge on any atom is 0.307 e. The number of aromatic nitrogens is 1. The fraction of sp³-hybridized carbons (Fsp3) is 0.556. The molecule has 1 heterocycles. The number of carbonyl (C=O) groups excluding carboxylic acids is 1. The predicted molar refractivity (Wildman–Crippen MR) is 51.7 cm³/mol. The molecule has 0 aliphatic rings. The van der Waals surface area contributed by atoms with Crippen molar-refractivity contribution in [2.45, 2.75) is 13.8 Å². The minimum absolute atomic E-state index is 0.0813. The van der Waals surface area contributed by atoms with Gasteiger partial charge >= 0.3 is 5.91 Å². The van der Waals surface area contributed by atoms with Gasteiger partial charge in [0.15, 0.2) is 0 Å². The number of hydrogen-bond acceptors (Lipinski definition) is 4. The molecule has 1 amide bonds. The number of nitrogens with two attached hydrogens (primary N) is 1. The molecule has 3 N–H and O–H groups in total. The van der Waals surface area contributed by atoms with Crippen LogP contribution in [0.5, 0.6) is 0 Å². The fourth-order valence-corrected chi connectivity index (χ4v) is 0.803. The van der Waals surface area contributed by atoms with Crippen molar-refractivity contribution in [1.82, 2.24) is 10.3 Å². The zero-order valence-electron chi connectivity index (χ0n) is 8.41. The van der Waals surface area contributed by atoms with Crippen LogP contribution in [-0.4, -0.2) is 24.0 Å². The molecule has 5 nitrogen and oxygen atoms in total. The first-order valence-electron chi connectivity index (χ1n) is 4.43. The van der Waals surface area contributed by atoms with E-state index in [1.165, 1.54) is 12.5 Å². The van der Waals surface area contributed by atoms with Crippen molar-refractivity contribution in [3.8, 4) is 0 Å². The van der Waals surface area contributed by atoms with E-state index in [1.54, 1.807) is 0 Å². The molecule has 0 saturated carbocycles. The van der Waals surface area contributed by atoms with E-state index in [-0.39, 0.29) is 17.2 Å². The summed E-state index contributed by atoms with van der Waals surface area (Å²) in [5.74, 6) is -0.227. The quantitative estimate of drug-likeness (QED) is 0.731. The Morgan fingerprint density at radius 1 is 1.71 bits per heavy atom. The second-order valence-corrected chi connectivity index (χ2v) is 3.89. The van der Waals surface area contributed by atoms with E-state index in [1.807, 2.05) is 13.8 Å². The number of amides is 1. The van der Waals surface area contributed by atoms with Crippen molar-refractivity contribution >= 4 is 5.91 Å². The van der Waals surface area contributed by atoms with Crippen molar-refractivity contribution in [2.75, 3.05) is 13.1 Å². The van der Waals surface area contributed by atoms with Gasteiger partial charge in [-0.05, 0) is 12.0 Å². The number of hydrogen-bond donors (Lipinski definition) is 2. The molecule has 0 aromatic carbocycles. The lowest BCUT2D eigenvalue weighted by molar-refractivity contribution is 0.0903. The van der Waals surface area contributed by atoms with Crippen LogP contribution < -0.4 is 11.1 Å². The molecule has 0 unspecified atom stereocenters. The first-order chi connectivity index (χ1) is 6.55. The Balaban J connectivity index is 2.43. The molecule has 0 saturated heterocycles. The van der Waals surface area contributed by atoms with E-state index in [0.717, 1.165) is 0 Å². The Bertz CT molecular complexity index is 293. The highest BCUT2D eigenvalue weighted by molar-refractivity contribution is 5.89. The molecule has 0 aliphatic heterocycles. The smallest absolute Gasteiger partial charge is 0.307 e. The summed E-state index contributed by atoms with van der Waals surface area (Å²) in [6.45, 7) is 4.97. The summed E-state index contributed by atoms with van der Waals surface area (Å²) in [4.78, 5) is 15.1. The van der Waals surface area contributed by atoms with Crippen LogP contribution >= 0.6 is 0 Å². The average Bonchev–Trinajstić information content (AvgIpc) is 2.67. The van der Waals surface area contributed by atoms with E-state index in [9.17, 15) is 4.79 Å². The third-order valence-electron chi connectivity index (χ3n) is 1.91. The van der Waals surface area contributed by atoms with Crippen LogP contribution in [0.15, 0.2) is 16.9 Å². The minimum atomic E-state index is -0.309. The van der Waals surface area contributed by atoms with Crippen LogP contribution in [-0.2, 0) is 0 Å². The number of oxazole rings is 1. The van der Waals surface area contributed by atoms with Crippen LogP contribution in [0, 0.1) is 5.41 Å². The summed E-state index contributed by atoms with van der Waals surface area (Å²) in [6, 6.07) is 0. The lowest BCUT2D eigenvalue weighted by Gasteiger charge is -2.21. The number of rotatable bonds is 4. The summed E-state index contributed by atoms with van der Waals surface area (Å²) in [6.07, 6.45) is 2.80. The molecule has 1 aromatic rings. The Morgan fingerprint density at radius 2 is 2.43 bits per heavy atom. The molecular weight excluding hydrogens is 182 g/mol. The maximum absolute atomic E-state index is 11.4. The SMILES string of the molecule is CC(C)(CN)CNC(=O)c1ncco1. The van der Waals surface area contributed by atoms with Gasteiger partial charge in [-0.1, -0.05) is 13.8 Å². The van der Waals surface area contributed by atoms with Gasteiger partial charge in [-0.2, -0.15) is 0 Å². The summed E-state index contributed by atoms with van der Waals surface area (Å²) in [5, 5.41) is 2.70. The van der Waals surface area contributed by atoms with Gasteiger partial charge in [0.25, 0.3) is 5.89 Å². The Hall–Kier alpha value is -1.36. The molecule has 0 fully saturated rings. The van der Waals surface area contributed by atoms with Gasteiger partial charge in [-0.25, -0.2) is 4.98 Å². The van der Waals surface area contributed by atoms with Crippen molar-refractivity contribution in [1.29, 1.82) is 0 Å². The molecule has 5 heteroatoms. The van der Waals surface area contributed by atoms with Crippen molar-refractivity contribution in [3.63, 3.8) is 0 Å². The molecule has 14 heavy (non-hydrogen) atoms. The third kappa shape index (κ3) is 2.85. The highest BCUT2D eigenvalue weighted by Gasteiger charge is 2.18. The summed E-state index contributed by atoms with van der Waals surface area (Å²) in [5.41, 5.74) is 5.41. The second kappa shape index (κ2) is 4.23. The Morgan fingerprint density at radius 3 is 2.93 bits per heavy atom. The Kier molecular flexibility index (Phi) is 3.24.